The number of para-hydroxylation sites is 1. The number of amides is 2. The molecular formula is C19H18N2O4. The number of benzene rings is 2. The second-order valence-electron chi connectivity index (χ2n) is 5.43. The van der Waals surface area contributed by atoms with Gasteiger partial charge in [-0.15, -0.1) is 0 Å². The summed E-state index contributed by atoms with van der Waals surface area (Å²) in [6, 6.07) is 12.8. The van der Waals surface area contributed by atoms with Crippen molar-refractivity contribution in [2.45, 2.75) is 0 Å². The first-order valence-electron chi connectivity index (χ1n) is 7.76. The topological polar surface area (TPSA) is 76.7 Å². The molecule has 0 fully saturated rings. The second kappa shape index (κ2) is 7.09. The molecule has 3 rings (SSSR count). The van der Waals surface area contributed by atoms with Crippen molar-refractivity contribution in [2.24, 2.45) is 0 Å². The minimum absolute atomic E-state index is 0.0942. The molecule has 2 aromatic rings. The molecule has 2 N–H and O–H groups in total. The Morgan fingerprint density at radius 2 is 2.00 bits per heavy atom. The maximum atomic E-state index is 12.2. The second-order valence-corrected chi connectivity index (χ2v) is 5.43. The van der Waals surface area contributed by atoms with E-state index in [1.165, 1.54) is 7.11 Å². The summed E-state index contributed by atoms with van der Waals surface area (Å²) < 4.78 is 10.8. The van der Waals surface area contributed by atoms with Crippen molar-refractivity contribution in [2.75, 3.05) is 26.1 Å². The van der Waals surface area contributed by atoms with Crippen LogP contribution in [0.25, 0.3) is 11.6 Å². The highest BCUT2D eigenvalue weighted by Gasteiger charge is 2.23. The molecule has 6 heteroatoms. The van der Waals surface area contributed by atoms with Gasteiger partial charge in [-0.2, -0.15) is 0 Å². The molecule has 2 aromatic carbocycles. The van der Waals surface area contributed by atoms with E-state index in [1.807, 2.05) is 30.3 Å². The third kappa shape index (κ3) is 3.47. The zero-order valence-electron chi connectivity index (χ0n) is 14.0. The first kappa shape index (κ1) is 16.6. The van der Waals surface area contributed by atoms with E-state index in [9.17, 15) is 9.59 Å². The predicted molar refractivity (Wildman–Crippen MR) is 95.5 cm³/mol. The largest absolute Gasteiger partial charge is 0.493 e. The van der Waals surface area contributed by atoms with Crippen LogP contribution in [0.15, 0.2) is 42.5 Å². The highest BCUT2D eigenvalue weighted by atomic mass is 16.5. The van der Waals surface area contributed by atoms with Gasteiger partial charge < -0.3 is 20.1 Å². The van der Waals surface area contributed by atoms with E-state index in [4.69, 9.17) is 9.47 Å². The van der Waals surface area contributed by atoms with E-state index in [1.54, 1.807) is 25.3 Å². The Labute approximate surface area is 145 Å². The smallest absolute Gasteiger partial charge is 0.257 e. The lowest BCUT2D eigenvalue weighted by atomic mass is 10.0. The molecule has 0 bridgehead atoms. The zero-order chi connectivity index (χ0) is 17.8. The summed E-state index contributed by atoms with van der Waals surface area (Å²) in [6.45, 7) is -0.0942. The van der Waals surface area contributed by atoms with Gasteiger partial charge in [-0.1, -0.05) is 24.3 Å². The van der Waals surface area contributed by atoms with Crippen LogP contribution in [0.4, 0.5) is 5.69 Å². The summed E-state index contributed by atoms with van der Waals surface area (Å²) >= 11 is 0. The highest BCUT2D eigenvalue weighted by molar-refractivity contribution is 6.34. The molecule has 1 aliphatic heterocycles. The van der Waals surface area contributed by atoms with Gasteiger partial charge in [0.25, 0.3) is 11.8 Å². The van der Waals surface area contributed by atoms with Crippen LogP contribution < -0.4 is 20.1 Å². The lowest BCUT2D eigenvalue weighted by molar-refractivity contribution is -0.122. The third-order valence-corrected chi connectivity index (χ3v) is 3.85. The minimum atomic E-state index is -0.229. The van der Waals surface area contributed by atoms with Gasteiger partial charge in [-0.05, 0) is 29.8 Å². The molecule has 1 heterocycles. The van der Waals surface area contributed by atoms with Crippen LogP contribution in [0.5, 0.6) is 11.5 Å². The number of rotatable bonds is 5. The molecule has 0 aliphatic carbocycles. The minimum Gasteiger partial charge on any atom is -0.493 e. The van der Waals surface area contributed by atoms with Crippen molar-refractivity contribution in [3.8, 4) is 11.5 Å². The van der Waals surface area contributed by atoms with E-state index < -0.39 is 0 Å². The van der Waals surface area contributed by atoms with Crippen LogP contribution in [-0.4, -0.2) is 32.6 Å². The quantitative estimate of drug-likeness (QED) is 0.820. The first-order chi connectivity index (χ1) is 12.1. The number of carbonyl (C=O) groups excluding carboxylic acids is 2. The number of likely N-dealkylation sites (N-methyl/N-ethyl adjacent to an activating group) is 1. The van der Waals surface area contributed by atoms with Crippen molar-refractivity contribution in [1.82, 2.24) is 5.32 Å². The molecule has 6 nitrogen and oxygen atoms in total. The Kier molecular flexibility index (Phi) is 4.70. The molecule has 2 amide bonds. The van der Waals surface area contributed by atoms with Crippen molar-refractivity contribution < 1.29 is 19.1 Å². The van der Waals surface area contributed by atoms with E-state index in [0.29, 0.717) is 17.1 Å². The summed E-state index contributed by atoms with van der Waals surface area (Å²) in [5, 5.41) is 5.33. The number of nitrogens with one attached hydrogen (secondary N) is 2. The molecule has 0 saturated carbocycles. The number of carbonyl (C=O) groups is 2. The van der Waals surface area contributed by atoms with Crippen molar-refractivity contribution in [3.63, 3.8) is 0 Å². The number of hydrogen-bond donors (Lipinski definition) is 2. The monoisotopic (exact) mass is 338 g/mol. The molecule has 1 aliphatic rings. The Morgan fingerprint density at radius 1 is 1.20 bits per heavy atom. The molecule has 128 valence electrons. The van der Waals surface area contributed by atoms with Crippen LogP contribution >= 0.6 is 0 Å². The van der Waals surface area contributed by atoms with Gasteiger partial charge in [0.15, 0.2) is 18.1 Å². The van der Waals surface area contributed by atoms with Crippen LogP contribution in [0, 0.1) is 0 Å². The third-order valence-electron chi connectivity index (χ3n) is 3.85. The lowest BCUT2D eigenvalue weighted by Crippen LogP contribution is -2.24. The average molecular weight is 338 g/mol. The Morgan fingerprint density at radius 3 is 2.76 bits per heavy atom. The molecule has 0 radical (unpaired) electrons. The number of anilines is 1. The predicted octanol–water partition coefficient (Wildman–Crippen LogP) is 2.31. The number of hydrogen-bond acceptors (Lipinski definition) is 4. The molecule has 0 saturated heterocycles. The molecule has 0 aromatic heterocycles. The number of methoxy groups -OCH3 is 1. The maximum Gasteiger partial charge on any atom is 0.257 e. The van der Waals surface area contributed by atoms with Gasteiger partial charge in [0, 0.05) is 23.9 Å². The number of fused-ring (bicyclic) bond motifs is 1. The number of ether oxygens (including phenoxy) is 2. The average Bonchev–Trinajstić information content (AvgIpc) is 2.95. The fourth-order valence-corrected chi connectivity index (χ4v) is 2.56. The van der Waals surface area contributed by atoms with E-state index in [-0.39, 0.29) is 18.4 Å². The fourth-order valence-electron chi connectivity index (χ4n) is 2.56. The summed E-state index contributed by atoms with van der Waals surface area (Å²) in [7, 11) is 3.07. The Hall–Kier alpha value is -3.28. The van der Waals surface area contributed by atoms with E-state index in [2.05, 4.69) is 10.6 Å². The molecule has 0 spiro atoms. The summed E-state index contributed by atoms with van der Waals surface area (Å²) in [5.74, 6) is 0.585. The summed E-state index contributed by atoms with van der Waals surface area (Å²) in [5.41, 5.74) is 3.06. The zero-order valence-corrected chi connectivity index (χ0v) is 14.0. The van der Waals surface area contributed by atoms with Gasteiger partial charge in [0.1, 0.15) is 0 Å². The van der Waals surface area contributed by atoms with Gasteiger partial charge in [-0.25, -0.2) is 0 Å². The van der Waals surface area contributed by atoms with Crippen molar-refractivity contribution in [3.05, 3.63) is 53.6 Å². The Balaban J connectivity index is 1.89. The molecule has 25 heavy (non-hydrogen) atoms. The van der Waals surface area contributed by atoms with Gasteiger partial charge in [0.05, 0.1) is 7.11 Å². The molecule has 0 unspecified atom stereocenters. The van der Waals surface area contributed by atoms with Crippen LogP contribution in [0.3, 0.4) is 0 Å². The first-order valence-corrected chi connectivity index (χ1v) is 7.76. The van der Waals surface area contributed by atoms with Gasteiger partial charge in [0.2, 0.25) is 0 Å². The normalized spacial score (nSPS) is 14.0. The maximum absolute atomic E-state index is 12.2. The molecule has 0 atom stereocenters. The van der Waals surface area contributed by atoms with Crippen LogP contribution in [0.1, 0.15) is 11.1 Å². The van der Waals surface area contributed by atoms with E-state index in [0.717, 1.165) is 16.8 Å². The van der Waals surface area contributed by atoms with E-state index >= 15 is 0 Å². The molecular weight excluding hydrogens is 320 g/mol. The van der Waals surface area contributed by atoms with Crippen LogP contribution in [0.2, 0.25) is 0 Å². The fraction of sp³-hybridized carbons (Fsp3) is 0.158. The summed E-state index contributed by atoms with van der Waals surface area (Å²) in [4.78, 5) is 23.5. The van der Waals surface area contributed by atoms with Gasteiger partial charge in [-0.3, -0.25) is 9.59 Å². The van der Waals surface area contributed by atoms with Gasteiger partial charge >= 0.3 is 0 Å². The van der Waals surface area contributed by atoms with Crippen molar-refractivity contribution >= 4 is 29.2 Å². The standard InChI is InChI=1S/C19H18N2O4/c1-20-18(22)11-25-16-8-7-12(10-17(16)24-2)9-14-13-5-3-4-6-15(13)21-19(14)23/h3-10H,11H2,1-2H3,(H,20,22)(H,21,23). The SMILES string of the molecule is CNC(=O)COc1ccc(C=C2C(=O)Nc3ccccc32)cc1OC. The van der Waals surface area contributed by atoms with Crippen LogP contribution in [-0.2, 0) is 9.59 Å². The summed E-state index contributed by atoms with van der Waals surface area (Å²) in [6.07, 6.45) is 1.80. The Bertz CT molecular complexity index is 858. The highest BCUT2D eigenvalue weighted by Crippen LogP contribution is 2.34. The lowest BCUT2D eigenvalue weighted by Gasteiger charge is -2.11. The van der Waals surface area contributed by atoms with Crippen molar-refractivity contribution in [1.29, 1.82) is 0 Å².